The summed E-state index contributed by atoms with van der Waals surface area (Å²) in [5, 5.41) is 9.99. The fraction of sp³-hybridized carbons (Fsp3) is 0.364. The van der Waals surface area contributed by atoms with Crippen LogP contribution in [0.15, 0.2) is 30.7 Å². The molecule has 2 aromatic rings. The highest BCUT2D eigenvalue weighted by molar-refractivity contribution is 5.02. The molecule has 0 aliphatic rings. The average Bonchev–Trinajstić information content (AvgIpc) is 2.83. The molecule has 0 atom stereocenters. The van der Waals surface area contributed by atoms with Crippen LogP contribution < -0.4 is 5.32 Å². The molecule has 2 rings (SSSR count). The molecule has 0 saturated carbocycles. The fourth-order valence-corrected chi connectivity index (χ4v) is 1.45. The van der Waals surface area contributed by atoms with Crippen molar-refractivity contribution in [2.24, 2.45) is 0 Å². The van der Waals surface area contributed by atoms with Crippen molar-refractivity contribution in [1.29, 1.82) is 0 Å². The van der Waals surface area contributed by atoms with Crippen LogP contribution in [0.4, 0.5) is 0 Å². The van der Waals surface area contributed by atoms with E-state index in [1.807, 2.05) is 24.4 Å². The summed E-state index contributed by atoms with van der Waals surface area (Å²) in [5.74, 6) is 0.944. The number of nitrogens with zero attached hydrogens (tertiary/aromatic N) is 3. The van der Waals surface area contributed by atoms with Gasteiger partial charge < -0.3 is 5.32 Å². The van der Waals surface area contributed by atoms with Crippen LogP contribution in [0, 0.1) is 0 Å². The molecule has 0 aromatic carbocycles. The maximum atomic E-state index is 4.24. The quantitative estimate of drug-likeness (QED) is 0.706. The monoisotopic (exact) mass is 217 g/mol. The topological polar surface area (TPSA) is 66.5 Å². The summed E-state index contributed by atoms with van der Waals surface area (Å²) in [6.45, 7) is 1.77. The van der Waals surface area contributed by atoms with Gasteiger partial charge in [-0.3, -0.25) is 10.1 Å². The Morgan fingerprint density at radius 2 is 2.25 bits per heavy atom. The predicted molar refractivity (Wildman–Crippen MR) is 60.6 cm³/mol. The first-order valence-electron chi connectivity index (χ1n) is 5.40. The van der Waals surface area contributed by atoms with Gasteiger partial charge in [0.25, 0.3) is 0 Å². The number of hydrogen-bond donors (Lipinski definition) is 2. The highest BCUT2D eigenvalue weighted by atomic mass is 15.2. The molecule has 0 saturated heterocycles. The Morgan fingerprint density at radius 1 is 1.25 bits per heavy atom. The molecule has 5 heteroatoms. The van der Waals surface area contributed by atoms with Gasteiger partial charge in [0.2, 0.25) is 0 Å². The molecule has 0 fully saturated rings. The van der Waals surface area contributed by atoms with E-state index in [4.69, 9.17) is 0 Å². The molecular formula is C11H15N5. The van der Waals surface area contributed by atoms with Crippen molar-refractivity contribution in [3.63, 3.8) is 0 Å². The third kappa shape index (κ3) is 3.43. The van der Waals surface area contributed by atoms with E-state index >= 15 is 0 Å². The van der Waals surface area contributed by atoms with Gasteiger partial charge in [0, 0.05) is 19.2 Å². The van der Waals surface area contributed by atoms with Crippen molar-refractivity contribution in [3.05, 3.63) is 42.2 Å². The standard InChI is InChI=1S/C11H15N5/c1-2-7-13-10(4-1)8-12-6-3-5-11-14-9-15-16-11/h1-2,4,7,9,12H,3,5-6,8H2,(H,14,15,16). The molecule has 0 spiro atoms. The van der Waals surface area contributed by atoms with Crippen molar-refractivity contribution in [3.8, 4) is 0 Å². The number of aromatic nitrogens is 4. The Morgan fingerprint density at radius 3 is 3.00 bits per heavy atom. The molecule has 0 aliphatic carbocycles. The molecule has 2 aromatic heterocycles. The summed E-state index contributed by atoms with van der Waals surface area (Å²) in [4.78, 5) is 8.30. The van der Waals surface area contributed by atoms with Crippen molar-refractivity contribution in [2.75, 3.05) is 6.54 Å². The summed E-state index contributed by atoms with van der Waals surface area (Å²) in [7, 11) is 0. The van der Waals surface area contributed by atoms with Gasteiger partial charge in [-0.05, 0) is 25.1 Å². The summed E-state index contributed by atoms with van der Waals surface area (Å²) in [6.07, 6.45) is 5.32. The number of hydrogen-bond acceptors (Lipinski definition) is 4. The van der Waals surface area contributed by atoms with Crippen LogP contribution in [0.1, 0.15) is 17.9 Å². The first-order valence-corrected chi connectivity index (χ1v) is 5.40. The lowest BCUT2D eigenvalue weighted by Crippen LogP contribution is -2.16. The molecule has 16 heavy (non-hydrogen) atoms. The average molecular weight is 217 g/mol. The first kappa shape index (κ1) is 10.8. The number of H-pyrrole nitrogens is 1. The van der Waals surface area contributed by atoms with Crippen molar-refractivity contribution in [1.82, 2.24) is 25.5 Å². The number of nitrogens with one attached hydrogen (secondary N) is 2. The van der Waals surface area contributed by atoms with Crippen molar-refractivity contribution < 1.29 is 0 Å². The number of aromatic amines is 1. The molecule has 0 unspecified atom stereocenters. The minimum Gasteiger partial charge on any atom is -0.311 e. The van der Waals surface area contributed by atoms with Gasteiger partial charge in [0.05, 0.1) is 5.69 Å². The van der Waals surface area contributed by atoms with Gasteiger partial charge in [-0.2, -0.15) is 5.10 Å². The summed E-state index contributed by atoms with van der Waals surface area (Å²) >= 11 is 0. The van der Waals surface area contributed by atoms with E-state index in [0.717, 1.165) is 37.4 Å². The van der Waals surface area contributed by atoms with E-state index < -0.39 is 0 Å². The summed E-state index contributed by atoms with van der Waals surface area (Å²) in [6, 6.07) is 5.94. The second-order valence-electron chi connectivity index (χ2n) is 3.53. The van der Waals surface area contributed by atoms with E-state index in [1.165, 1.54) is 6.33 Å². The smallest absolute Gasteiger partial charge is 0.137 e. The molecule has 84 valence electrons. The van der Waals surface area contributed by atoms with Crippen LogP contribution in [-0.4, -0.2) is 26.7 Å². The van der Waals surface area contributed by atoms with E-state index in [-0.39, 0.29) is 0 Å². The van der Waals surface area contributed by atoms with Gasteiger partial charge in [-0.25, -0.2) is 4.98 Å². The highest BCUT2D eigenvalue weighted by Crippen LogP contribution is 1.94. The Bertz CT molecular complexity index is 384. The zero-order chi connectivity index (χ0) is 11.1. The zero-order valence-electron chi connectivity index (χ0n) is 9.06. The lowest BCUT2D eigenvalue weighted by molar-refractivity contribution is 0.632. The van der Waals surface area contributed by atoms with Gasteiger partial charge in [-0.15, -0.1) is 0 Å². The predicted octanol–water partition coefficient (Wildman–Crippen LogP) is 0.922. The molecule has 2 N–H and O–H groups in total. The van der Waals surface area contributed by atoms with E-state index in [1.54, 1.807) is 0 Å². The van der Waals surface area contributed by atoms with Gasteiger partial charge in [-0.1, -0.05) is 6.07 Å². The Hall–Kier alpha value is -1.75. The molecule has 0 aliphatic heterocycles. The Kier molecular flexibility index (Phi) is 4.01. The summed E-state index contributed by atoms with van der Waals surface area (Å²) in [5.41, 5.74) is 1.07. The number of rotatable bonds is 6. The molecular weight excluding hydrogens is 202 g/mol. The van der Waals surface area contributed by atoms with Crippen LogP contribution in [0.25, 0.3) is 0 Å². The minimum atomic E-state index is 0.817. The second kappa shape index (κ2) is 5.97. The Labute approximate surface area is 94.3 Å². The molecule has 0 radical (unpaired) electrons. The third-order valence-electron chi connectivity index (χ3n) is 2.26. The van der Waals surface area contributed by atoms with Crippen LogP contribution in [0.3, 0.4) is 0 Å². The van der Waals surface area contributed by atoms with Crippen LogP contribution in [0.5, 0.6) is 0 Å². The van der Waals surface area contributed by atoms with E-state index in [9.17, 15) is 0 Å². The molecule has 5 nitrogen and oxygen atoms in total. The van der Waals surface area contributed by atoms with Gasteiger partial charge >= 0.3 is 0 Å². The van der Waals surface area contributed by atoms with Gasteiger partial charge in [0.15, 0.2) is 0 Å². The lowest BCUT2D eigenvalue weighted by Gasteiger charge is -2.02. The maximum absolute atomic E-state index is 4.24. The lowest BCUT2D eigenvalue weighted by atomic mass is 10.3. The highest BCUT2D eigenvalue weighted by Gasteiger charge is 1.96. The van der Waals surface area contributed by atoms with Crippen LogP contribution in [0.2, 0.25) is 0 Å². The van der Waals surface area contributed by atoms with Crippen LogP contribution in [-0.2, 0) is 13.0 Å². The molecule has 2 heterocycles. The fourth-order valence-electron chi connectivity index (χ4n) is 1.45. The molecule has 0 amide bonds. The maximum Gasteiger partial charge on any atom is 0.137 e. The van der Waals surface area contributed by atoms with E-state index in [0.29, 0.717) is 0 Å². The van der Waals surface area contributed by atoms with Gasteiger partial charge in [0.1, 0.15) is 12.2 Å². The third-order valence-corrected chi connectivity index (χ3v) is 2.26. The SMILES string of the molecule is c1ccc(CNCCCc2ncn[nH]2)nc1. The summed E-state index contributed by atoms with van der Waals surface area (Å²) < 4.78 is 0. The van der Waals surface area contributed by atoms with Crippen molar-refractivity contribution in [2.45, 2.75) is 19.4 Å². The van der Waals surface area contributed by atoms with Crippen molar-refractivity contribution >= 4 is 0 Å². The largest absolute Gasteiger partial charge is 0.311 e. The number of aryl methyl sites for hydroxylation is 1. The zero-order valence-corrected chi connectivity index (χ0v) is 9.06. The Balaban J connectivity index is 1.59. The second-order valence-corrected chi connectivity index (χ2v) is 3.53. The van der Waals surface area contributed by atoms with Crippen LogP contribution >= 0.6 is 0 Å². The number of pyridine rings is 1. The molecule has 0 bridgehead atoms. The van der Waals surface area contributed by atoms with E-state index in [2.05, 4.69) is 25.5 Å². The minimum absolute atomic E-state index is 0.817. The normalized spacial score (nSPS) is 10.5. The first-order chi connectivity index (χ1) is 7.95.